The van der Waals surface area contributed by atoms with Crippen molar-refractivity contribution in [1.29, 1.82) is 0 Å². The Morgan fingerprint density at radius 1 is 1.44 bits per heavy atom. The summed E-state index contributed by atoms with van der Waals surface area (Å²) in [7, 11) is 0. The molecule has 0 radical (unpaired) electrons. The smallest absolute Gasteiger partial charge is 0.129 e. The number of nitrogens with one attached hydrogen (secondary N) is 1. The number of nitrogens with two attached hydrogens (primary N) is 1. The molecule has 0 bridgehead atoms. The van der Waals surface area contributed by atoms with Crippen molar-refractivity contribution in [1.82, 2.24) is 5.43 Å². The molecule has 0 saturated heterocycles. The monoisotopic (exact) mass is 270 g/mol. The summed E-state index contributed by atoms with van der Waals surface area (Å²) in [5, 5.41) is 0.455. The van der Waals surface area contributed by atoms with E-state index in [4.69, 9.17) is 17.4 Å². The second-order valence-corrected chi connectivity index (χ2v) is 5.72. The van der Waals surface area contributed by atoms with Crippen molar-refractivity contribution in [2.24, 2.45) is 17.7 Å². The molecular weight excluding hydrogens is 251 g/mol. The lowest BCUT2D eigenvalue weighted by Crippen LogP contribution is -2.36. The lowest BCUT2D eigenvalue weighted by Gasteiger charge is -2.33. The SMILES string of the molecule is CC1CCCC(C(NN)c2c(F)cccc2Cl)C1. The van der Waals surface area contributed by atoms with Crippen LogP contribution in [0.25, 0.3) is 0 Å². The van der Waals surface area contributed by atoms with E-state index in [-0.39, 0.29) is 11.9 Å². The van der Waals surface area contributed by atoms with Gasteiger partial charge in [0, 0.05) is 10.6 Å². The Morgan fingerprint density at radius 2 is 2.22 bits per heavy atom. The highest BCUT2D eigenvalue weighted by molar-refractivity contribution is 6.31. The van der Waals surface area contributed by atoms with Crippen LogP contribution in [0, 0.1) is 17.7 Å². The highest BCUT2D eigenvalue weighted by Crippen LogP contribution is 2.39. The van der Waals surface area contributed by atoms with Gasteiger partial charge in [0.05, 0.1) is 6.04 Å². The molecule has 18 heavy (non-hydrogen) atoms. The molecule has 0 aromatic heterocycles. The molecule has 2 nitrogen and oxygen atoms in total. The molecule has 1 aromatic carbocycles. The number of halogens is 2. The second kappa shape index (κ2) is 6.00. The van der Waals surface area contributed by atoms with Gasteiger partial charge in [-0.1, -0.05) is 37.4 Å². The summed E-state index contributed by atoms with van der Waals surface area (Å²) in [6, 6.07) is 4.59. The number of hydrogen-bond donors (Lipinski definition) is 2. The van der Waals surface area contributed by atoms with Gasteiger partial charge >= 0.3 is 0 Å². The van der Waals surface area contributed by atoms with E-state index in [9.17, 15) is 4.39 Å². The minimum atomic E-state index is -0.274. The second-order valence-electron chi connectivity index (χ2n) is 5.31. The summed E-state index contributed by atoms with van der Waals surface area (Å²) in [5.41, 5.74) is 3.28. The zero-order valence-electron chi connectivity index (χ0n) is 10.6. The standard InChI is InChI=1S/C14H20ClFN2/c1-9-4-2-5-10(8-9)14(18-17)13-11(15)6-3-7-12(13)16/h3,6-7,9-10,14,18H,2,4-5,8,17H2,1H3. The molecule has 1 saturated carbocycles. The van der Waals surface area contributed by atoms with Gasteiger partial charge in [-0.05, 0) is 36.8 Å². The van der Waals surface area contributed by atoms with E-state index >= 15 is 0 Å². The third-order valence-corrected chi connectivity index (χ3v) is 4.27. The first-order valence-electron chi connectivity index (χ1n) is 6.53. The van der Waals surface area contributed by atoms with Crippen LogP contribution in [-0.2, 0) is 0 Å². The van der Waals surface area contributed by atoms with Gasteiger partial charge in [-0.15, -0.1) is 0 Å². The Labute approximate surface area is 113 Å². The Bertz CT molecular complexity index is 391. The molecule has 0 spiro atoms. The number of rotatable bonds is 3. The highest BCUT2D eigenvalue weighted by Gasteiger charge is 2.30. The predicted octanol–water partition coefficient (Wildman–Crippen LogP) is 3.81. The van der Waals surface area contributed by atoms with Crippen molar-refractivity contribution < 1.29 is 4.39 Å². The first-order chi connectivity index (χ1) is 8.63. The van der Waals surface area contributed by atoms with Crippen molar-refractivity contribution in [3.63, 3.8) is 0 Å². The Morgan fingerprint density at radius 3 is 2.83 bits per heavy atom. The fraction of sp³-hybridized carbons (Fsp3) is 0.571. The normalized spacial score (nSPS) is 26.0. The van der Waals surface area contributed by atoms with Crippen LogP contribution >= 0.6 is 11.6 Å². The lowest BCUT2D eigenvalue weighted by molar-refractivity contribution is 0.221. The van der Waals surface area contributed by atoms with Crippen LogP contribution < -0.4 is 11.3 Å². The topological polar surface area (TPSA) is 38.0 Å². The fourth-order valence-corrected chi connectivity index (χ4v) is 3.33. The Kier molecular flexibility index (Phi) is 4.60. The highest BCUT2D eigenvalue weighted by atomic mass is 35.5. The molecule has 1 aliphatic rings. The van der Waals surface area contributed by atoms with E-state index in [0.717, 1.165) is 12.8 Å². The van der Waals surface area contributed by atoms with Crippen LogP contribution in [0.2, 0.25) is 5.02 Å². The lowest BCUT2D eigenvalue weighted by atomic mass is 9.77. The molecule has 1 aromatic rings. The molecule has 1 aliphatic carbocycles. The molecule has 0 heterocycles. The summed E-state index contributed by atoms with van der Waals surface area (Å²) in [5.74, 6) is 6.40. The molecule has 100 valence electrons. The zero-order valence-corrected chi connectivity index (χ0v) is 11.4. The molecule has 0 aliphatic heterocycles. The fourth-order valence-electron chi connectivity index (χ4n) is 3.05. The van der Waals surface area contributed by atoms with Crippen molar-refractivity contribution in [2.75, 3.05) is 0 Å². The van der Waals surface area contributed by atoms with Gasteiger partial charge in [-0.3, -0.25) is 11.3 Å². The van der Waals surface area contributed by atoms with E-state index in [0.29, 0.717) is 22.4 Å². The van der Waals surface area contributed by atoms with Crippen molar-refractivity contribution in [2.45, 2.75) is 38.6 Å². The summed E-state index contributed by atoms with van der Waals surface area (Å²) < 4.78 is 14.0. The maximum absolute atomic E-state index is 14.0. The van der Waals surface area contributed by atoms with E-state index in [1.807, 2.05) is 0 Å². The summed E-state index contributed by atoms with van der Waals surface area (Å²) in [4.78, 5) is 0. The predicted molar refractivity (Wildman–Crippen MR) is 72.6 cm³/mol. The summed E-state index contributed by atoms with van der Waals surface area (Å²) in [6.45, 7) is 2.24. The molecule has 3 unspecified atom stereocenters. The average Bonchev–Trinajstić information content (AvgIpc) is 2.34. The minimum Gasteiger partial charge on any atom is -0.271 e. The van der Waals surface area contributed by atoms with Gasteiger partial charge < -0.3 is 0 Å². The van der Waals surface area contributed by atoms with Gasteiger partial charge in [0.1, 0.15) is 5.82 Å². The summed E-state index contributed by atoms with van der Waals surface area (Å²) >= 11 is 6.12. The van der Waals surface area contributed by atoms with Crippen LogP contribution in [0.3, 0.4) is 0 Å². The third-order valence-electron chi connectivity index (χ3n) is 3.94. The first kappa shape index (κ1) is 13.8. The van der Waals surface area contributed by atoms with Crippen LogP contribution in [0.1, 0.15) is 44.2 Å². The third kappa shape index (κ3) is 2.85. The minimum absolute atomic E-state index is 0.193. The molecule has 0 amide bonds. The molecule has 4 heteroatoms. The van der Waals surface area contributed by atoms with E-state index in [1.165, 1.54) is 18.9 Å². The van der Waals surface area contributed by atoms with Gasteiger partial charge in [0.25, 0.3) is 0 Å². The van der Waals surface area contributed by atoms with E-state index in [2.05, 4.69) is 12.3 Å². The molecule has 2 rings (SSSR count). The van der Waals surface area contributed by atoms with Crippen molar-refractivity contribution in [3.8, 4) is 0 Å². The Balaban J connectivity index is 2.27. The van der Waals surface area contributed by atoms with Crippen LogP contribution in [-0.4, -0.2) is 0 Å². The molecule has 1 fully saturated rings. The quantitative estimate of drug-likeness (QED) is 0.647. The average molecular weight is 271 g/mol. The summed E-state index contributed by atoms with van der Waals surface area (Å²) in [6.07, 6.45) is 4.57. The van der Waals surface area contributed by atoms with Gasteiger partial charge in [0.2, 0.25) is 0 Å². The van der Waals surface area contributed by atoms with Crippen LogP contribution in [0.5, 0.6) is 0 Å². The number of hydrazine groups is 1. The zero-order chi connectivity index (χ0) is 13.1. The molecule has 3 atom stereocenters. The van der Waals surface area contributed by atoms with Crippen molar-refractivity contribution in [3.05, 3.63) is 34.6 Å². The van der Waals surface area contributed by atoms with Gasteiger partial charge in [0.15, 0.2) is 0 Å². The number of benzene rings is 1. The van der Waals surface area contributed by atoms with E-state index in [1.54, 1.807) is 12.1 Å². The van der Waals surface area contributed by atoms with Crippen LogP contribution in [0.15, 0.2) is 18.2 Å². The molecule has 3 N–H and O–H groups in total. The Hall–Kier alpha value is -0.640. The maximum atomic E-state index is 14.0. The largest absolute Gasteiger partial charge is 0.271 e. The van der Waals surface area contributed by atoms with Crippen LogP contribution in [0.4, 0.5) is 4.39 Å². The van der Waals surface area contributed by atoms with Gasteiger partial charge in [-0.2, -0.15) is 0 Å². The van der Waals surface area contributed by atoms with Crippen molar-refractivity contribution >= 4 is 11.6 Å². The van der Waals surface area contributed by atoms with Gasteiger partial charge in [-0.25, -0.2) is 4.39 Å². The van der Waals surface area contributed by atoms with E-state index < -0.39 is 0 Å². The molecular formula is C14H20ClFN2. The first-order valence-corrected chi connectivity index (χ1v) is 6.91. The maximum Gasteiger partial charge on any atom is 0.129 e. The number of hydrogen-bond acceptors (Lipinski definition) is 2.